The molecule has 18 heavy (non-hydrogen) atoms. The predicted octanol–water partition coefficient (Wildman–Crippen LogP) is 2.15. The third kappa shape index (κ3) is 3.30. The Balaban J connectivity index is 1.96. The topological polar surface area (TPSA) is 46.9 Å². The van der Waals surface area contributed by atoms with Crippen molar-refractivity contribution in [3.63, 3.8) is 0 Å². The van der Waals surface area contributed by atoms with Crippen molar-refractivity contribution in [2.75, 3.05) is 11.9 Å². The second-order valence-corrected chi connectivity index (χ2v) is 4.12. The summed E-state index contributed by atoms with van der Waals surface area (Å²) in [5, 5.41) is 3.41. The van der Waals surface area contributed by atoms with Gasteiger partial charge in [0.05, 0.1) is 11.2 Å². The van der Waals surface area contributed by atoms with Crippen molar-refractivity contribution in [1.29, 1.82) is 0 Å². The summed E-state index contributed by atoms with van der Waals surface area (Å²) in [4.78, 5) is 15.0. The molecule has 0 radical (unpaired) electrons. The fourth-order valence-electron chi connectivity index (χ4n) is 1.51. The van der Waals surface area contributed by atoms with Gasteiger partial charge in [-0.3, -0.25) is 4.57 Å². The lowest BCUT2D eigenvalue weighted by molar-refractivity contribution is 0.627. The molecule has 1 N–H and O–H groups in total. The lowest BCUT2D eigenvalue weighted by Gasteiger charge is -2.08. The molecule has 2 rings (SSSR count). The second-order valence-electron chi connectivity index (χ2n) is 3.69. The van der Waals surface area contributed by atoms with Crippen LogP contribution < -0.4 is 11.0 Å². The first kappa shape index (κ1) is 12.6. The van der Waals surface area contributed by atoms with E-state index in [-0.39, 0.29) is 11.5 Å². The zero-order valence-corrected chi connectivity index (χ0v) is 10.2. The van der Waals surface area contributed by atoms with Crippen molar-refractivity contribution >= 4 is 17.3 Å². The Kier molecular flexibility index (Phi) is 3.94. The predicted molar refractivity (Wildman–Crippen MR) is 68.4 cm³/mol. The zero-order chi connectivity index (χ0) is 13.0. The van der Waals surface area contributed by atoms with Crippen molar-refractivity contribution in [2.24, 2.45) is 0 Å². The molecule has 0 spiro atoms. The van der Waals surface area contributed by atoms with Gasteiger partial charge in [-0.25, -0.2) is 14.2 Å². The summed E-state index contributed by atoms with van der Waals surface area (Å²) in [6.07, 6.45) is 2.82. The van der Waals surface area contributed by atoms with E-state index in [1.807, 2.05) is 0 Å². The number of halogens is 2. The highest BCUT2D eigenvalue weighted by Gasteiger charge is 1.99. The Morgan fingerprint density at radius 2 is 2.28 bits per heavy atom. The van der Waals surface area contributed by atoms with Crippen molar-refractivity contribution in [2.45, 2.75) is 6.54 Å². The molecule has 0 saturated heterocycles. The van der Waals surface area contributed by atoms with Crippen LogP contribution in [0, 0.1) is 5.82 Å². The largest absolute Gasteiger partial charge is 0.383 e. The molecule has 0 unspecified atom stereocenters. The molecule has 1 aromatic heterocycles. The van der Waals surface area contributed by atoms with E-state index in [1.54, 1.807) is 12.1 Å². The molecule has 0 aliphatic rings. The fourth-order valence-corrected chi connectivity index (χ4v) is 1.67. The van der Waals surface area contributed by atoms with Crippen LogP contribution in [0.5, 0.6) is 0 Å². The quantitative estimate of drug-likeness (QED) is 0.923. The number of aromatic nitrogens is 2. The summed E-state index contributed by atoms with van der Waals surface area (Å²) in [6, 6.07) is 6.13. The number of rotatable bonds is 4. The molecular weight excluding hydrogens is 257 g/mol. The molecular formula is C12H11ClFN3O. The molecule has 4 nitrogen and oxygen atoms in total. The summed E-state index contributed by atoms with van der Waals surface area (Å²) in [6.45, 7) is 0.883. The van der Waals surface area contributed by atoms with E-state index < -0.39 is 0 Å². The molecule has 0 aliphatic heterocycles. The molecule has 0 amide bonds. The first-order chi connectivity index (χ1) is 8.65. The molecule has 6 heteroatoms. The average molecular weight is 268 g/mol. The van der Waals surface area contributed by atoms with Crippen LogP contribution >= 0.6 is 11.6 Å². The Labute approximate surface area is 108 Å². The van der Waals surface area contributed by atoms with E-state index in [0.717, 1.165) is 0 Å². The summed E-state index contributed by atoms with van der Waals surface area (Å²) < 4.78 is 14.3. The maximum Gasteiger partial charge on any atom is 0.347 e. The van der Waals surface area contributed by atoms with Gasteiger partial charge < -0.3 is 5.32 Å². The maximum absolute atomic E-state index is 12.9. The number of hydrogen-bond donors (Lipinski definition) is 1. The highest BCUT2D eigenvalue weighted by molar-refractivity contribution is 6.30. The van der Waals surface area contributed by atoms with Gasteiger partial charge in [0.1, 0.15) is 5.82 Å². The van der Waals surface area contributed by atoms with E-state index in [2.05, 4.69) is 10.3 Å². The van der Waals surface area contributed by atoms with Crippen LogP contribution in [0.3, 0.4) is 0 Å². The molecule has 1 heterocycles. The van der Waals surface area contributed by atoms with Gasteiger partial charge in [0.15, 0.2) is 0 Å². The van der Waals surface area contributed by atoms with Crippen molar-refractivity contribution < 1.29 is 4.39 Å². The highest BCUT2D eigenvalue weighted by atomic mass is 35.5. The Morgan fingerprint density at radius 1 is 1.44 bits per heavy atom. The SMILES string of the molecule is O=c1ncc(Cl)cn1CCNc1cccc(F)c1. The molecule has 0 fully saturated rings. The summed E-state index contributed by atoms with van der Waals surface area (Å²) in [5.74, 6) is -0.304. The normalized spacial score (nSPS) is 10.3. The van der Waals surface area contributed by atoms with Crippen LogP contribution in [0.15, 0.2) is 41.5 Å². The lowest BCUT2D eigenvalue weighted by atomic mass is 10.3. The highest BCUT2D eigenvalue weighted by Crippen LogP contribution is 2.08. The first-order valence-corrected chi connectivity index (χ1v) is 5.74. The molecule has 2 aromatic rings. The summed E-state index contributed by atoms with van der Waals surface area (Å²) in [7, 11) is 0. The number of benzene rings is 1. The van der Waals surface area contributed by atoms with Gasteiger partial charge in [0.25, 0.3) is 0 Å². The number of anilines is 1. The second kappa shape index (κ2) is 5.64. The minimum absolute atomic E-state index is 0.304. The zero-order valence-electron chi connectivity index (χ0n) is 9.44. The van der Waals surface area contributed by atoms with Crippen LogP contribution in [0.4, 0.5) is 10.1 Å². The van der Waals surface area contributed by atoms with Crippen LogP contribution in [-0.4, -0.2) is 16.1 Å². The molecule has 0 aliphatic carbocycles. The molecule has 94 valence electrons. The smallest absolute Gasteiger partial charge is 0.347 e. The van der Waals surface area contributed by atoms with E-state index in [9.17, 15) is 9.18 Å². The van der Waals surface area contributed by atoms with Gasteiger partial charge >= 0.3 is 5.69 Å². The summed E-state index contributed by atoms with van der Waals surface area (Å²) in [5.41, 5.74) is 0.304. The van der Waals surface area contributed by atoms with Crippen molar-refractivity contribution in [3.8, 4) is 0 Å². The van der Waals surface area contributed by atoms with E-state index >= 15 is 0 Å². The van der Waals surface area contributed by atoms with Crippen LogP contribution in [0.1, 0.15) is 0 Å². The van der Waals surface area contributed by atoms with Gasteiger partial charge in [-0.2, -0.15) is 0 Å². The molecule has 0 bridgehead atoms. The molecule has 1 aromatic carbocycles. The van der Waals surface area contributed by atoms with E-state index in [1.165, 1.54) is 29.1 Å². The van der Waals surface area contributed by atoms with Gasteiger partial charge in [-0.1, -0.05) is 17.7 Å². The van der Waals surface area contributed by atoms with Crippen molar-refractivity contribution in [1.82, 2.24) is 9.55 Å². The standard InChI is InChI=1S/C12H11ClFN3O/c13-9-7-16-12(18)17(8-9)5-4-15-11-3-1-2-10(14)6-11/h1-3,6-8,15H,4-5H2. The number of nitrogens with one attached hydrogen (secondary N) is 1. The van der Waals surface area contributed by atoms with Gasteiger partial charge in [0, 0.05) is 25.0 Å². The number of nitrogens with zero attached hydrogens (tertiary/aromatic N) is 2. The minimum atomic E-state index is -0.361. The lowest BCUT2D eigenvalue weighted by Crippen LogP contribution is -2.25. The third-order valence-corrected chi connectivity index (χ3v) is 2.52. The number of hydrogen-bond acceptors (Lipinski definition) is 3. The van der Waals surface area contributed by atoms with Crippen molar-refractivity contribution in [3.05, 3.63) is 58.0 Å². The Morgan fingerprint density at radius 3 is 3.06 bits per heavy atom. The Bertz CT molecular complexity index is 600. The van der Waals surface area contributed by atoms with Gasteiger partial charge in [-0.15, -0.1) is 0 Å². The van der Waals surface area contributed by atoms with Crippen LogP contribution in [0.2, 0.25) is 5.02 Å². The van der Waals surface area contributed by atoms with Gasteiger partial charge in [0.2, 0.25) is 0 Å². The van der Waals surface area contributed by atoms with Gasteiger partial charge in [-0.05, 0) is 18.2 Å². The fraction of sp³-hybridized carbons (Fsp3) is 0.167. The molecule has 0 saturated carbocycles. The monoisotopic (exact) mass is 267 g/mol. The van der Waals surface area contributed by atoms with E-state index in [4.69, 9.17) is 11.6 Å². The van der Waals surface area contributed by atoms with E-state index in [0.29, 0.717) is 23.8 Å². The Hall–Kier alpha value is -1.88. The first-order valence-electron chi connectivity index (χ1n) is 5.36. The van der Waals surface area contributed by atoms with Crippen LogP contribution in [0.25, 0.3) is 0 Å². The third-order valence-electron chi connectivity index (χ3n) is 2.33. The summed E-state index contributed by atoms with van der Waals surface area (Å²) >= 11 is 5.74. The maximum atomic E-state index is 12.9. The molecule has 0 atom stereocenters. The van der Waals surface area contributed by atoms with Crippen LogP contribution in [-0.2, 0) is 6.54 Å². The minimum Gasteiger partial charge on any atom is -0.383 e. The average Bonchev–Trinajstić information content (AvgIpc) is 2.34.